The summed E-state index contributed by atoms with van der Waals surface area (Å²) in [4.78, 5) is 10.3. The first-order valence-electron chi connectivity index (χ1n) is 4.94. The molecule has 88 valence electrons. The fourth-order valence-electron chi connectivity index (χ4n) is 1.12. The molecule has 1 amide bonds. The van der Waals surface area contributed by atoms with E-state index in [4.69, 9.17) is 10.5 Å². The van der Waals surface area contributed by atoms with E-state index in [-0.39, 0.29) is 6.61 Å². The van der Waals surface area contributed by atoms with Crippen molar-refractivity contribution in [1.82, 2.24) is 15.1 Å². The number of amides is 1. The van der Waals surface area contributed by atoms with Crippen molar-refractivity contribution in [1.29, 1.82) is 0 Å². The first-order valence-corrected chi connectivity index (χ1v) is 4.94. The first kappa shape index (κ1) is 12.4. The van der Waals surface area contributed by atoms with Crippen molar-refractivity contribution in [2.24, 2.45) is 5.73 Å². The highest BCUT2D eigenvalue weighted by atomic mass is 16.5. The molecular formula is C10H16N4O2. The molecule has 0 aromatic carbocycles. The van der Waals surface area contributed by atoms with E-state index >= 15 is 0 Å². The summed E-state index contributed by atoms with van der Waals surface area (Å²) in [5.74, 6) is -0.452. The van der Waals surface area contributed by atoms with E-state index < -0.39 is 5.91 Å². The standard InChI is InChI=1S/C10H16N4O2/c1-2-14-7-9(6-13-14)5-12-3-4-16-8-10(11)15/h2,6-7,12H,1,3-5,8H2,(H2,11,15). The van der Waals surface area contributed by atoms with Crippen molar-refractivity contribution < 1.29 is 9.53 Å². The Balaban J connectivity index is 2.07. The molecule has 16 heavy (non-hydrogen) atoms. The van der Waals surface area contributed by atoms with Crippen LogP contribution in [0.3, 0.4) is 0 Å². The molecule has 3 N–H and O–H groups in total. The molecule has 1 aromatic rings. The van der Waals surface area contributed by atoms with Gasteiger partial charge in [0.15, 0.2) is 0 Å². The summed E-state index contributed by atoms with van der Waals surface area (Å²) in [5, 5.41) is 7.19. The van der Waals surface area contributed by atoms with Crippen LogP contribution in [0.1, 0.15) is 5.56 Å². The Hall–Kier alpha value is -1.66. The third-order valence-electron chi connectivity index (χ3n) is 1.84. The van der Waals surface area contributed by atoms with Gasteiger partial charge in [-0.1, -0.05) is 6.58 Å². The Bertz CT molecular complexity index is 348. The van der Waals surface area contributed by atoms with Crippen LogP contribution in [-0.2, 0) is 16.1 Å². The second kappa shape index (κ2) is 6.76. The molecule has 6 heteroatoms. The van der Waals surface area contributed by atoms with Crippen LogP contribution < -0.4 is 11.1 Å². The third kappa shape index (κ3) is 4.72. The van der Waals surface area contributed by atoms with Crippen LogP contribution in [-0.4, -0.2) is 35.4 Å². The van der Waals surface area contributed by atoms with Crippen molar-refractivity contribution in [2.75, 3.05) is 19.8 Å². The first-order chi connectivity index (χ1) is 7.72. The highest BCUT2D eigenvalue weighted by molar-refractivity contribution is 5.74. The van der Waals surface area contributed by atoms with Gasteiger partial charge in [-0.3, -0.25) is 4.79 Å². The van der Waals surface area contributed by atoms with Gasteiger partial charge in [-0.15, -0.1) is 0 Å². The molecule has 0 saturated heterocycles. The quantitative estimate of drug-likeness (QED) is 0.587. The summed E-state index contributed by atoms with van der Waals surface area (Å²) < 4.78 is 6.62. The maximum Gasteiger partial charge on any atom is 0.243 e. The number of rotatable bonds is 8. The lowest BCUT2D eigenvalue weighted by Gasteiger charge is -2.03. The molecule has 0 radical (unpaired) electrons. The molecule has 0 saturated carbocycles. The number of carbonyl (C=O) groups is 1. The molecular weight excluding hydrogens is 208 g/mol. The predicted octanol–water partition coefficient (Wildman–Crippen LogP) is -0.425. The van der Waals surface area contributed by atoms with E-state index in [1.807, 2.05) is 6.20 Å². The van der Waals surface area contributed by atoms with E-state index in [1.165, 1.54) is 0 Å². The van der Waals surface area contributed by atoms with Crippen LogP contribution in [0.25, 0.3) is 6.20 Å². The van der Waals surface area contributed by atoms with Gasteiger partial charge in [0, 0.05) is 31.0 Å². The zero-order valence-electron chi connectivity index (χ0n) is 9.06. The van der Waals surface area contributed by atoms with Gasteiger partial charge in [0.25, 0.3) is 0 Å². The van der Waals surface area contributed by atoms with Crippen molar-refractivity contribution in [3.05, 3.63) is 24.5 Å². The molecule has 0 unspecified atom stereocenters. The Morgan fingerprint density at radius 3 is 3.19 bits per heavy atom. The third-order valence-corrected chi connectivity index (χ3v) is 1.84. The number of carbonyl (C=O) groups excluding carboxylic acids is 1. The lowest BCUT2D eigenvalue weighted by molar-refractivity contribution is -0.122. The molecule has 1 heterocycles. The SMILES string of the molecule is C=Cn1cc(CNCCOCC(N)=O)cn1. The van der Waals surface area contributed by atoms with Crippen LogP contribution in [0.4, 0.5) is 0 Å². The van der Waals surface area contributed by atoms with Crippen LogP contribution in [0.15, 0.2) is 19.0 Å². The molecule has 0 aliphatic carbocycles. The molecule has 0 aliphatic heterocycles. The minimum absolute atomic E-state index is 0.0317. The number of hydrogen-bond acceptors (Lipinski definition) is 4. The lowest BCUT2D eigenvalue weighted by Crippen LogP contribution is -2.23. The number of primary amides is 1. The number of aromatic nitrogens is 2. The maximum absolute atomic E-state index is 10.3. The van der Waals surface area contributed by atoms with Gasteiger partial charge in [0.05, 0.1) is 12.8 Å². The number of ether oxygens (including phenoxy) is 1. The monoisotopic (exact) mass is 224 g/mol. The molecule has 0 fully saturated rings. The normalized spacial score (nSPS) is 10.2. The summed E-state index contributed by atoms with van der Waals surface area (Å²) in [6.45, 7) is 5.38. The topological polar surface area (TPSA) is 82.2 Å². The Labute approximate surface area is 94.1 Å². The summed E-state index contributed by atoms with van der Waals surface area (Å²) in [6.07, 6.45) is 5.27. The zero-order chi connectivity index (χ0) is 11.8. The van der Waals surface area contributed by atoms with E-state index in [0.29, 0.717) is 19.7 Å². The minimum Gasteiger partial charge on any atom is -0.370 e. The summed E-state index contributed by atoms with van der Waals surface area (Å²) in [6, 6.07) is 0. The number of nitrogens with zero attached hydrogens (tertiary/aromatic N) is 2. The second-order valence-corrected chi connectivity index (χ2v) is 3.21. The molecule has 0 spiro atoms. The fourth-order valence-corrected chi connectivity index (χ4v) is 1.12. The van der Waals surface area contributed by atoms with Crippen LogP contribution in [0, 0.1) is 0 Å². The van der Waals surface area contributed by atoms with Crippen LogP contribution in [0.5, 0.6) is 0 Å². The van der Waals surface area contributed by atoms with Crippen molar-refractivity contribution in [3.63, 3.8) is 0 Å². The lowest BCUT2D eigenvalue weighted by atomic mass is 10.3. The Morgan fingerprint density at radius 2 is 2.56 bits per heavy atom. The largest absolute Gasteiger partial charge is 0.370 e. The van der Waals surface area contributed by atoms with Gasteiger partial charge >= 0.3 is 0 Å². The number of nitrogens with two attached hydrogens (primary N) is 1. The number of nitrogens with one attached hydrogen (secondary N) is 1. The smallest absolute Gasteiger partial charge is 0.243 e. The molecule has 1 rings (SSSR count). The van der Waals surface area contributed by atoms with E-state index in [9.17, 15) is 4.79 Å². The minimum atomic E-state index is -0.452. The maximum atomic E-state index is 10.3. The summed E-state index contributed by atoms with van der Waals surface area (Å²) in [5.41, 5.74) is 5.98. The highest BCUT2D eigenvalue weighted by Gasteiger charge is 1.96. The van der Waals surface area contributed by atoms with Gasteiger partial charge in [-0.25, -0.2) is 4.68 Å². The van der Waals surface area contributed by atoms with Crippen molar-refractivity contribution in [3.8, 4) is 0 Å². The zero-order valence-corrected chi connectivity index (χ0v) is 9.06. The van der Waals surface area contributed by atoms with Crippen LogP contribution in [0.2, 0.25) is 0 Å². The molecule has 0 atom stereocenters. The van der Waals surface area contributed by atoms with Crippen molar-refractivity contribution in [2.45, 2.75) is 6.54 Å². The second-order valence-electron chi connectivity index (χ2n) is 3.21. The predicted molar refractivity (Wildman–Crippen MR) is 60.3 cm³/mol. The van der Waals surface area contributed by atoms with Gasteiger partial charge in [0.1, 0.15) is 6.61 Å². The van der Waals surface area contributed by atoms with Gasteiger partial charge in [-0.05, 0) is 0 Å². The average molecular weight is 224 g/mol. The van der Waals surface area contributed by atoms with E-state index in [0.717, 1.165) is 5.56 Å². The molecule has 0 aliphatic rings. The fraction of sp³-hybridized carbons (Fsp3) is 0.400. The van der Waals surface area contributed by atoms with Crippen LogP contribution >= 0.6 is 0 Å². The molecule has 0 bridgehead atoms. The Kier molecular flexibility index (Phi) is 5.24. The van der Waals surface area contributed by atoms with Crippen molar-refractivity contribution >= 4 is 12.1 Å². The molecule has 1 aromatic heterocycles. The summed E-state index contributed by atoms with van der Waals surface area (Å²) in [7, 11) is 0. The van der Waals surface area contributed by atoms with E-state index in [1.54, 1.807) is 17.1 Å². The Morgan fingerprint density at radius 1 is 1.75 bits per heavy atom. The molecule has 6 nitrogen and oxygen atoms in total. The number of hydrogen-bond donors (Lipinski definition) is 2. The van der Waals surface area contributed by atoms with Gasteiger partial charge in [0.2, 0.25) is 5.91 Å². The van der Waals surface area contributed by atoms with Gasteiger partial charge < -0.3 is 15.8 Å². The average Bonchev–Trinajstić information content (AvgIpc) is 2.70. The summed E-state index contributed by atoms with van der Waals surface area (Å²) >= 11 is 0. The highest BCUT2D eigenvalue weighted by Crippen LogP contribution is 1.96. The van der Waals surface area contributed by atoms with Gasteiger partial charge in [-0.2, -0.15) is 5.10 Å². The van der Waals surface area contributed by atoms with E-state index in [2.05, 4.69) is 17.0 Å².